The highest BCUT2D eigenvalue weighted by Crippen LogP contribution is 2.31. The molecule has 0 saturated heterocycles. The number of rotatable bonds is 2. The predicted molar refractivity (Wildman–Crippen MR) is 66.3 cm³/mol. The van der Waals surface area contributed by atoms with E-state index in [1.807, 2.05) is 0 Å². The van der Waals surface area contributed by atoms with Crippen molar-refractivity contribution >= 4 is 8.32 Å². The van der Waals surface area contributed by atoms with Gasteiger partial charge in [-0.3, -0.25) is 0 Å². The molecule has 0 bridgehead atoms. The molecule has 0 amide bonds. The molecule has 1 unspecified atom stereocenters. The molecule has 15 heavy (non-hydrogen) atoms. The van der Waals surface area contributed by atoms with Gasteiger partial charge in [-0.1, -0.05) is 26.3 Å². The molecule has 1 aliphatic rings. The van der Waals surface area contributed by atoms with Crippen LogP contribution in [0.15, 0.2) is 11.6 Å². The van der Waals surface area contributed by atoms with Crippen molar-refractivity contribution in [1.82, 2.24) is 0 Å². The summed E-state index contributed by atoms with van der Waals surface area (Å²) in [7, 11) is -1.50. The molecule has 0 N–H and O–H groups in total. The van der Waals surface area contributed by atoms with E-state index in [0.717, 1.165) is 13.0 Å². The Balaban J connectivity index is 2.69. The molecule has 3 heteroatoms. The Bertz CT molecular complexity index is 245. The van der Waals surface area contributed by atoms with Gasteiger partial charge in [-0.15, -0.1) is 0 Å². The van der Waals surface area contributed by atoms with Crippen molar-refractivity contribution in [2.45, 2.75) is 53.1 Å². The molecule has 0 aromatic carbocycles. The van der Waals surface area contributed by atoms with Crippen LogP contribution >= 0.6 is 0 Å². The normalized spacial score (nSPS) is 23.9. The van der Waals surface area contributed by atoms with Gasteiger partial charge in [-0.05, 0) is 37.6 Å². The Hall–Kier alpha value is -0.123. The van der Waals surface area contributed by atoms with E-state index in [9.17, 15) is 0 Å². The molecular weight excluding hydrogens is 204 g/mol. The molecule has 0 saturated carbocycles. The van der Waals surface area contributed by atoms with Crippen LogP contribution in [0.4, 0.5) is 0 Å². The fourth-order valence-electron chi connectivity index (χ4n) is 1.62. The van der Waals surface area contributed by atoms with Crippen LogP contribution in [-0.2, 0) is 9.16 Å². The molecule has 88 valence electrons. The molecule has 1 atom stereocenters. The van der Waals surface area contributed by atoms with Crippen molar-refractivity contribution < 1.29 is 9.16 Å². The molecule has 2 nitrogen and oxygen atoms in total. The fraction of sp³-hybridized carbons (Fsp3) is 0.833. The zero-order valence-corrected chi connectivity index (χ0v) is 11.9. The first-order valence-electron chi connectivity index (χ1n) is 5.69. The average molecular weight is 228 g/mol. The van der Waals surface area contributed by atoms with Crippen LogP contribution in [0.25, 0.3) is 0 Å². The van der Waals surface area contributed by atoms with Crippen molar-refractivity contribution in [3.05, 3.63) is 11.6 Å². The third kappa shape index (κ3) is 4.49. The lowest BCUT2D eigenvalue weighted by Gasteiger charge is -2.32. The van der Waals surface area contributed by atoms with E-state index in [0.29, 0.717) is 0 Å². The van der Waals surface area contributed by atoms with Gasteiger partial charge in [0.15, 0.2) is 14.6 Å². The first-order valence-corrected chi connectivity index (χ1v) is 9.10. The molecule has 0 spiro atoms. The van der Waals surface area contributed by atoms with E-state index < -0.39 is 8.32 Å². The Morgan fingerprint density at radius 2 is 1.93 bits per heavy atom. The summed E-state index contributed by atoms with van der Waals surface area (Å²) in [6, 6.07) is 0. The van der Waals surface area contributed by atoms with Crippen molar-refractivity contribution in [2.75, 3.05) is 6.61 Å². The maximum atomic E-state index is 5.94. The summed E-state index contributed by atoms with van der Waals surface area (Å²) >= 11 is 0. The lowest BCUT2D eigenvalue weighted by atomic mass is 9.84. The van der Waals surface area contributed by atoms with Gasteiger partial charge in [0.2, 0.25) is 0 Å². The second-order valence-corrected chi connectivity index (χ2v) is 10.6. The second kappa shape index (κ2) is 4.40. The van der Waals surface area contributed by atoms with Crippen molar-refractivity contribution in [2.24, 2.45) is 5.41 Å². The minimum atomic E-state index is -1.50. The van der Waals surface area contributed by atoms with Gasteiger partial charge in [-0.25, -0.2) is 0 Å². The maximum Gasteiger partial charge on any atom is 0.187 e. The van der Waals surface area contributed by atoms with Crippen LogP contribution in [0.2, 0.25) is 19.6 Å². The van der Waals surface area contributed by atoms with Crippen molar-refractivity contribution in [3.8, 4) is 0 Å². The maximum absolute atomic E-state index is 5.94. The van der Waals surface area contributed by atoms with E-state index in [1.54, 1.807) is 0 Å². The van der Waals surface area contributed by atoms with Crippen molar-refractivity contribution in [3.63, 3.8) is 0 Å². The zero-order valence-electron chi connectivity index (χ0n) is 10.9. The first-order chi connectivity index (χ1) is 6.68. The highest BCUT2D eigenvalue weighted by atomic mass is 28.4. The summed E-state index contributed by atoms with van der Waals surface area (Å²) in [5, 5.41) is 0. The molecule has 1 aliphatic heterocycles. The SMILES string of the molecule is CC(C)(C)C1=CC(O[Si](C)(C)C)OCC1. The summed E-state index contributed by atoms with van der Waals surface area (Å²) in [6.45, 7) is 14.1. The molecule has 0 aliphatic carbocycles. The van der Waals surface area contributed by atoms with E-state index in [4.69, 9.17) is 9.16 Å². The van der Waals surface area contributed by atoms with Gasteiger partial charge in [0.05, 0.1) is 6.61 Å². The lowest BCUT2D eigenvalue weighted by molar-refractivity contribution is -0.0600. The highest BCUT2D eigenvalue weighted by Gasteiger charge is 2.26. The summed E-state index contributed by atoms with van der Waals surface area (Å²) in [5.74, 6) is 0. The minimum absolute atomic E-state index is 0.111. The van der Waals surface area contributed by atoms with E-state index in [1.165, 1.54) is 5.57 Å². The van der Waals surface area contributed by atoms with Gasteiger partial charge in [-0.2, -0.15) is 0 Å². The molecule has 0 aromatic rings. The van der Waals surface area contributed by atoms with Crippen LogP contribution in [-0.4, -0.2) is 21.2 Å². The van der Waals surface area contributed by atoms with E-state index in [2.05, 4.69) is 46.5 Å². The minimum Gasteiger partial charge on any atom is -0.390 e. The van der Waals surface area contributed by atoms with Crippen LogP contribution < -0.4 is 0 Å². The van der Waals surface area contributed by atoms with Gasteiger partial charge >= 0.3 is 0 Å². The van der Waals surface area contributed by atoms with E-state index in [-0.39, 0.29) is 11.7 Å². The van der Waals surface area contributed by atoms with Crippen LogP contribution in [0, 0.1) is 5.41 Å². The third-order valence-electron chi connectivity index (χ3n) is 2.42. The number of hydrogen-bond acceptors (Lipinski definition) is 2. The Morgan fingerprint density at radius 1 is 1.33 bits per heavy atom. The average Bonchev–Trinajstić information content (AvgIpc) is 1.99. The quantitative estimate of drug-likeness (QED) is 0.531. The predicted octanol–water partition coefficient (Wildman–Crippen LogP) is 3.56. The number of ether oxygens (including phenoxy) is 1. The Kier molecular flexibility index (Phi) is 3.79. The monoisotopic (exact) mass is 228 g/mol. The highest BCUT2D eigenvalue weighted by molar-refractivity contribution is 6.69. The van der Waals surface area contributed by atoms with E-state index >= 15 is 0 Å². The lowest BCUT2D eigenvalue weighted by Crippen LogP contribution is -2.35. The van der Waals surface area contributed by atoms with Gasteiger partial charge in [0, 0.05) is 0 Å². The summed E-state index contributed by atoms with van der Waals surface area (Å²) in [6.07, 6.45) is 3.09. The summed E-state index contributed by atoms with van der Waals surface area (Å²) < 4.78 is 11.6. The second-order valence-electron chi connectivity index (χ2n) is 6.16. The topological polar surface area (TPSA) is 18.5 Å². The molecule has 1 rings (SSSR count). The molecular formula is C12H24O2Si. The van der Waals surface area contributed by atoms with Crippen LogP contribution in [0.3, 0.4) is 0 Å². The van der Waals surface area contributed by atoms with Gasteiger partial charge in [0.25, 0.3) is 0 Å². The molecule has 1 heterocycles. The van der Waals surface area contributed by atoms with Crippen molar-refractivity contribution in [1.29, 1.82) is 0 Å². The largest absolute Gasteiger partial charge is 0.390 e. The standard InChI is InChI=1S/C12H24O2Si/c1-12(2,3)10-7-8-13-11(9-10)14-15(4,5)6/h9,11H,7-8H2,1-6H3. The van der Waals surface area contributed by atoms with Gasteiger partial charge in [0.1, 0.15) is 0 Å². The first kappa shape index (κ1) is 12.9. The zero-order chi connectivity index (χ0) is 11.7. The molecule has 0 aromatic heterocycles. The molecule has 0 radical (unpaired) electrons. The third-order valence-corrected chi connectivity index (χ3v) is 3.36. The molecule has 0 fully saturated rings. The van der Waals surface area contributed by atoms with Crippen LogP contribution in [0.5, 0.6) is 0 Å². The Labute approximate surface area is 94.8 Å². The smallest absolute Gasteiger partial charge is 0.187 e. The fourth-order valence-corrected chi connectivity index (χ4v) is 2.46. The summed E-state index contributed by atoms with van der Waals surface area (Å²) in [5.41, 5.74) is 1.70. The van der Waals surface area contributed by atoms with Gasteiger partial charge < -0.3 is 9.16 Å². The number of hydrogen-bond donors (Lipinski definition) is 0. The van der Waals surface area contributed by atoms with Crippen LogP contribution in [0.1, 0.15) is 27.2 Å². The summed E-state index contributed by atoms with van der Waals surface area (Å²) in [4.78, 5) is 0. The Morgan fingerprint density at radius 3 is 2.40 bits per heavy atom.